The lowest BCUT2D eigenvalue weighted by Crippen LogP contribution is -2.55. The molecule has 0 unspecified atom stereocenters. The SMILES string of the molecule is CN(C(=O)[C@@H](Cc1ccc2ccccc2c1)NC(=O)c1cccc(CN)c1)[C@H](Cc1ccccc1)C(=O)NCCCCCN. The first kappa shape index (κ1) is 32.4. The molecule has 0 saturated heterocycles. The summed E-state index contributed by atoms with van der Waals surface area (Å²) in [6.45, 7) is 1.41. The Morgan fingerprint density at radius 1 is 0.727 bits per heavy atom. The van der Waals surface area contributed by atoms with Crippen molar-refractivity contribution in [2.75, 3.05) is 20.1 Å². The van der Waals surface area contributed by atoms with Gasteiger partial charge in [0.2, 0.25) is 11.8 Å². The molecule has 0 heterocycles. The maximum atomic E-state index is 14.2. The van der Waals surface area contributed by atoms with E-state index in [0.717, 1.165) is 46.7 Å². The Balaban J connectivity index is 1.61. The third kappa shape index (κ3) is 8.99. The van der Waals surface area contributed by atoms with Crippen LogP contribution in [0.3, 0.4) is 0 Å². The average molecular weight is 594 g/mol. The predicted molar refractivity (Wildman–Crippen MR) is 176 cm³/mol. The number of fused-ring (bicyclic) bond motifs is 1. The van der Waals surface area contributed by atoms with E-state index in [0.29, 0.717) is 31.6 Å². The molecule has 0 bridgehead atoms. The first-order valence-electron chi connectivity index (χ1n) is 15.3. The predicted octanol–water partition coefficient (Wildman–Crippen LogP) is 3.95. The Kier molecular flexibility index (Phi) is 12.0. The highest BCUT2D eigenvalue weighted by Gasteiger charge is 2.32. The fraction of sp³-hybridized carbons (Fsp3) is 0.306. The molecule has 3 amide bonds. The minimum absolute atomic E-state index is 0.233. The summed E-state index contributed by atoms with van der Waals surface area (Å²) in [7, 11) is 1.64. The fourth-order valence-electron chi connectivity index (χ4n) is 5.30. The Morgan fingerprint density at radius 2 is 1.45 bits per heavy atom. The van der Waals surface area contributed by atoms with Crippen LogP contribution in [-0.2, 0) is 29.0 Å². The molecule has 0 saturated carbocycles. The van der Waals surface area contributed by atoms with E-state index in [1.54, 1.807) is 25.2 Å². The van der Waals surface area contributed by atoms with Crippen LogP contribution in [0.15, 0.2) is 97.1 Å². The number of amides is 3. The van der Waals surface area contributed by atoms with Gasteiger partial charge in [0.15, 0.2) is 0 Å². The van der Waals surface area contributed by atoms with Crippen LogP contribution < -0.4 is 22.1 Å². The Bertz CT molecular complexity index is 1540. The summed E-state index contributed by atoms with van der Waals surface area (Å²) in [5.74, 6) is -0.957. The molecule has 44 heavy (non-hydrogen) atoms. The summed E-state index contributed by atoms with van der Waals surface area (Å²) in [5, 5.41) is 8.12. The van der Waals surface area contributed by atoms with Crippen LogP contribution in [-0.4, -0.2) is 54.8 Å². The van der Waals surface area contributed by atoms with E-state index in [2.05, 4.69) is 10.6 Å². The van der Waals surface area contributed by atoms with Crippen molar-refractivity contribution in [3.05, 3.63) is 119 Å². The van der Waals surface area contributed by atoms with Gasteiger partial charge in [-0.15, -0.1) is 0 Å². The van der Waals surface area contributed by atoms with Crippen molar-refractivity contribution >= 4 is 28.5 Å². The van der Waals surface area contributed by atoms with E-state index < -0.39 is 12.1 Å². The highest BCUT2D eigenvalue weighted by molar-refractivity contribution is 5.98. The Labute approximate surface area is 259 Å². The molecule has 0 radical (unpaired) electrons. The van der Waals surface area contributed by atoms with E-state index in [-0.39, 0.29) is 24.1 Å². The number of hydrogen-bond donors (Lipinski definition) is 4. The maximum absolute atomic E-state index is 14.2. The summed E-state index contributed by atoms with van der Waals surface area (Å²) >= 11 is 0. The second kappa shape index (κ2) is 16.4. The van der Waals surface area contributed by atoms with Crippen molar-refractivity contribution in [2.24, 2.45) is 11.5 Å². The fourth-order valence-corrected chi connectivity index (χ4v) is 5.30. The van der Waals surface area contributed by atoms with Crippen molar-refractivity contribution in [3.8, 4) is 0 Å². The number of nitrogens with zero attached hydrogens (tertiary/aromatic N) is 1. The molecular weight excluding hydrogens is 550 g/mol. The standard InChI is InChI=1S/C36H43N5O3/c1-41(33(24-26-11-4-2-5-12-26)35(43)39-20-9-3-8-19-37)36(44)32(40-34(42)31-16-10-13-28(22-31)25-38)23-27-17-18-29-14-6-7-15-30(29)21-27/h2,4-7,10-18,21-22,32-33H,3,8-9,19-20,23-25,37-38H2,1H3,(H,39,43)(H,40,42)/t32-,33-/m1/s1. The molecule has 6 N–H and O–H groups in total. The van der Waals surface area contributed by atoms with Gasteiger partial charge in [-0.05, 0) is 59.0 Å². The quantitative estimate of drug-likeness (QED) is 0.155. The first-order chi connectivity index (χ1) is 21.4. The van der Waals surface area contributed by atoms with Gasteiger partial charge in [0, 0.05) is 38.5 Å². The molecule has 8 nitrogen and oxygen atoms in total. The van der Waals surface area contributed by atoms with Gasteiger partial charge in [-0.25, -0.2) is 0 Å². The van der Waals surface area contributed by atoms with Crippen LogP contribution >= 0.6 is 0 Å². The molecule has 0 spiro atoms. The molecular formula is C36H43N5O3. The Morgan fingerprint density at radius 3 is 2.20 bits per heavy atom. The number of benzene rings is 4. The van der Waals surface area contributed by atoms with Gasteiger partial charge < -0.3 is 27.0 Å². The molecule has 0 aliphatic rings. The molecule has 2 atom stereocenters. The van der Waals surface area contributed by atoms with Gasteiger partial charge in [-0.3, -0.25) is 14.4 Å². The topological polar surface area (TPSA) is 131 Å². The second-order valence-corrected chi connectivity index (χ2v) is 11.1. The van der Waals surface area contributed by atoms with Gasteiger partial charge in [-0.2, -0.15) is 0 Å². The lowest BCUT2D eigenvalue weighted by atomic mass is 9.98. The molecule has 4 rings (SSSR count). The molecule has 8 heteroatoms. The highest BCUT2D eigenvalue weighted by Crippen LogP contribution is 2.19. The normalized spacial score (nSPS) is 12.3. The van der Waals surface area contributed by atoms with Crippen molar-refractivity contribution in [3.63, 3.8) is 0 Å². The number of likely N-dealkylation sites (N-methyl/N-ethyl adjacent to an activating group) is 1. The zero-order chi connectivity index (χ0) is 31.3. The second-order valence-electron chi connectivity index (χ2n) is 11.1. The number of nitrogens with two attached hydrogens (primary N) is 2. The van der Waals surface area contributed by atoms with E-state index in [4.69, 9.17) is 11.5 Å². The number of unbranched alkanes of at least 4 members (excludes halogenated alkanes) is 2. The van der Waals surface area contributed by atoms with Crippen molar-refractivity contribution in [2.45, 2.75) is 50.7 Å². The molecule has 230 valence electrons. The van der Waals surface area contributed by atoms with Crippen LogP contribution in [0.5, 0.6) is 0 Å². The van der Waals surface area contributed by atoms with Gasteiger partial charge >= 0.3 is 0 Å². The van der Waals surface area contributed by atoms with E-state index in [1.807, 2.05) is 78.9 Å². The van der Waals surface area contributed by atoms with Crippen LogP contribution in [0.1, 0.15) is 46.3 Å². The summed E-state index contributed by atoms with van der Waals surface area (Å²) in [4.78, 5) is 42.7. The summed E-state index contributed by atoms with van der Waals surface area (Å²) in [5.41, 5.74) is 14.5. The van der Waals surface area contributed by atoms with Gasteiger partial charge in [-0.1, -0.05) is 91.3 Å². The van der Waals surface area contributed by atoms with Crippen LogP contribution in [0.25, 0.3) is 10.8 Å². The van der Waals surface area contributed by atoms with E-state index in [9.17, 15) is 14.4 Å². The number of rotatable bonds is 15. The Hall–Kier alpha value is -4.53. The molecule has 0 aliphatic heterocycles. The highest BCUT2D eigenvalue weighted by atomic mass is 16.2. The number of nitrogens with one attached hydrogen (secondary N) is 2. The first-order valence-corrected chi connectivity index (χ1v) is 15.3. The number of carbonyl (C=O) groups is 3. The van der Waals surface area contributed by atoms with Crippen molar-refractivity contribution in [1.82, 2.24) is 15.5 Å². The van der Waals surface area contributed by atoms with Crippen LogP contribution in [0.4, 0.5) is 0 Å². The summed E-state index contributed by atoms with van der Waals surface area (Å²) < 4.78 is 0. The molecule has 4 aromatic carbocycles. The van der Waals surface area contributed by atoms with Gasteiger partial charge in [0.05, 0.1) is 0 Å². The molecule has 4 aromatic rings. The molecule has 0 fully saturated rings. The van der Waals surface area contributed by atoms with Gasteiger partial charge in [0.1, 0.15) is 12.1 Å². The maximum Gasteiger partial charge on any atom is 0.251 e. The van der Waals surface area contributed by atoms with E-state index in [1.165, 1.54) is 4.90 Å². The zero-order valence-corrected chi connectivity index (χ0v) is 25.4. The monoisotopic (exact) mass is 593 g/mol. The summed E-state index contributed by atoms with van der Waals surface area (Å²) in [6, 6.07) is 29.0. The number of carbonyl (C=O) groups excluding carboxylic acids is 3. The summed E-state index contributed by atoms with van der Waals surface area (Å²) in [6.07, 6.45) is 3.22. The largest absolute Gasteiger partial charge is 0.354 e. The van der Waals surface area contributed by atoms with Crippen LogP contribution in [0, 0.1) is 0 Å². The van der Waals surface area contributed by atoms with Crippen molar-refractivity contribution < 1.29 is 14.4 Å². The number of hydrogen-bond acceptors (Lipinski definition) is 5. The zero-order valence-electron chi connectivity index (χ0n) is 25.4. The van der Waals surface area contributed by atoms with Gasteiger partial charge in [0.25, 0.3) is 5.91 Å². The minimum Gasteiger partial charge on any atom is -0.354 e. The third-order valence-corrected chi connectivity index (χ3v) is 7.85. The van der Waals surface area contributed by atoms with E-state index >= 15 is 0 Å². The van der Waals surface area contributed by atoms with Crippen molar-refractivity contribution in [1.29, 1.82) is 0 Å². The molecule has 0 aliphatic carbocycles. The lowest BCUT2D eigenvalue weighted by molar-refractivity contribution is -0.140. The molecule has 0 aromatic heterocycles. The smallest absolute Gasteiger partial charge is 0.251 e. The van der Waals surface area contributed by atoms with Crippen LogP contribution in [0.2, 0.25) is 0 Å². The third-order valence-electron chi connectivity index (χ3n) is 7.85. The average Bonchev–Trinajstić information content (AvgIpc) is 3.06. The lowest BCUT2D eigenvalue weighted by Gasteiger charge is -2.31. The minimum atomic E-state index is -0.911.